The minimum atomic E-state index is -0.833. The van der Waals surface area contributed by atoms with Gasteiger partial charge in [0.05, 0.1) is 0 Å². The average molecular weight is 344 g/mol. The summed E-state index contributed by atoms with van der Waals surface area (Å²) in [6, 6.07) is 0. The zero-order valence-corrected chi connectivity index (χ0v) is 17.1. The number of aliphatic carboxylic acids is 1. The van der Waals surface area contributed by atoms with Crippen molar-refractivity contribution in [2.24, 2.45) is 0 Å². The zero-order valence-electron chi connectivity index (χ0n) is 17.1. The maximum absolute atomic E-state index is 9.00. The number of carboxylic acid groups (broad SMARTS) is 1. The van der Waals surface area contributed by atoms with Crippen molar-refractivity contribution < 1.29 is 9.90 Å². The van der Waals surface area contributed by atoms with Gasteiger partial charge in [-0.1, -0.05) is 96.8 Å². The summed E-state index contributed by atoms with van der Waals surface area (Å²) in [5, 5.41) is 7.42. The maximum Gasteiger partial charge on any atom is 0.300 e. The number of hydrogen-bond acceptors (Lipinski definition) is 2. The van der Waals surface area contributed by atoms with Crippen molar-refractivity contribution >= 4 is 5.97 Å². The van der Waals surface area contributed by atoms with Crippen molar-refractivity contribution in [3.8, 4) is 0 Å². The van der Waals surface area contributed by atoms with Gasteiger partial charge in [-0.15, -0.1) is 0 Å². The van der Waals surface area contributed by atoms with Crippen LogP contribution in [0.5, 0.6) is 0 Å². The highest BCUT2D eigenvalue weighted by molar-refractivity contribution is 5.62. The first-order valence-electron chi connectivity index (χ1n) is 10.3. The SMILES string of the molecule is CC(=O)O.CCCCCCCCCCCCCCCCCN(C)C. The molecule has 0 heterocycles. The molecule has 0 amide bonds. The number of carboxylic acids is 1. The highest BCUT2D eigenvalue weighted by Gasteiger charge is 1.94. The third-order valence-corrected chi connectivity index (χ3v) is 4.21. The fourth-order valence-corrected chi connectivity index (χ4v) is 2.80. The van der Waals surface area contributed by atoms with Crippen molar-refractivity contribution in [1.29, 1.82) is 0 Å². The van der Waals surface area contributed by atoms with Crippen molar-refractivity contribution in [3.05, 3.63) is 0 Å². The van der Waals surface area contributed by atoms with E-state index in [1.165, 1.54) is 103 Å². The smallest absolute Gasteiger partial charge is 0.300 e. The quantitative estimate of drug-likeness (QED) is 0.325. The van der Waals surface area contributed by atoms with Gasteiger partial charge in [0.15, 0.2) is 0 Å². The molecule has 0 saturated carbocycles. The van der Waals surface area contributed by atoms with Crippen molar-refractivity contribution in [3.63, 3.8) is 0 Å². The molecule has 24 heavy (non-hydrogen) atoms. The summed E-state index contributed by atoms with van der Waals surface area (Å²) >= 11 is 0. The van der Waals surface area contributed by atoms with E-state index in [1.54, 1.807) is 0 Å². The Morgan fingerprint density at radius 2 is 0.917 bits per heavy atom. The van der Waals surface area contributed by atoms with E-state index < -0.39 is 5.97 Å². The lowest BCUT2D eigenvalue weighted by Crippen LogP contribution is -2.12. The zero-order chi connectivity index (χ0) is 18.5. The molecule has 3 heteroatoms. The van der Waals surface area contributed by atoms with Crippen LogP contribution in [0.25, 0.3) is 0 Å². The van der Waals surface area contributed by atoms with Gasteiger partial charge in [0.25, 0.3) is 5.97 Å². The second-order valence-corrected chi connectivity index (χ2v) is 7.27. The molecule has 0 aromatic rings. The molecule has 0 aliphatic carbocycles. The molecule has 0 fully saturated rings. The first-order chi connectivity index (χ1) is 11.5. The Bertz CT molecular complexity index is 238. The lowest BCUT2D eigenvalue weighted by atomic mass is 10.0. The molecule has 0 radical (unpaired) electrons. The lowest BCUT2D eigenvalue weighted by Gasteiger charge is -2.08. The molecule has 1 N–H and O–H groups in total. The van der Waals surface area contributed by atoms with Crippen molar-refractivity contribution in [1.82, 2.24) is 4.90 Å². The number of nitrogens with zero attached hydrogens (tertiary/aromatic N) is 1. The molecular formula is C21H45NO2. The predicted octanol–water partition coefficient (Wildman–Crippen LogP) is 6.51. The topological polar surface area (TPSA) is 40.5 Å². The van der Waals surface area contributed by atoms with Crippen LogP contribution in [0.4, 0.5) is 0 Å². The Balaban J connectivity index is 0. The summed E-state index contributed by atoms with van der Waals surface area (Å²) in [5.74, 6) is -0.833. The van der Waals surface area contributed by atoms with Crippen LogP contribution in [0.2, 0.25) is 0 Å². The van der Waals surface area contributed by atoms with E-state index in [0.717, 1.165) is 6.92 Å². The number of hydrogen-bond donors (Lipinski definition) is 1. The molecule has 0 unspecified atom stereocenters. The summed E-state index contributed by atoms with van der Waals surface area (Å²) in [6.07, 6.45) is 21.8. The summed E-state index contributed by atoms with van der Waals surface area (Å²) in [7, 11) is 4.34. The third kappa shape index (κ3) is 33.1. The van der Waals surface area contributed by atoms with E-state index in [1.807, 2.05) is 0 Å². The molecule has 0 aliphatic rings. The molecule has 0 bridgehead atoms. The van der Waals surface area contributed by atoms with Gasteiger partial charge in [-0.3, -0.25) is 4.79 Å². The van der Waals surface area contributed by atoms with Crippen LogP contribution in [-0.4, -0.2) is 36.6 Å². The molecule has 0 atom stereocenters. The molecular weight excluding hydrogens is 298 g/mol. The molecule has 0 rings (SSSR count). The Morgan fingerprint density at radius 1 is 0.667 bits per heavy atom. The summed E-state index contributed by atoms with van der Waals surface area (Å²) in [5.41, 5.74) is 0. The van der Waals surface area contributed by atoms with Crippen molar-refractivity contribution in [2.75, 3.05) is 20.6 Å². The standard InChI is InChI=1S/C19H41N.C2H4O2/c1-4-5-6-7-8-9-10-11-12-13-14-15-16-17-18-19-20(2)3;1-2(3)4/h4-19H2,1-3H3;1H3,(H,3,4). The molecule has 0 aromatic heterocycles. The van der Waals surface area contributed by atoms with Crippen LogP contribution < -0.4 is 0 Å². The highest BCUT2D eigenvalue weighted by atomic mass is 16.4. The second-order valence-electron chi connectivity index (χ2n) is 7.27. The molecule has 0 spiro atoms. The monoisotopic (exact) mass is 343 g/mol. The Kier molecular flexibility index (Phi) is 24.0. The largest absolute Gasteiger partial charge is 0.481 e. The van der Waals surface area contributed by atoms with Gasteiger partial charge in [-0.25, -0.2) is 0 Å². The van der Waals surface area contributed by atoms with Gasteiger partial charge in [0.1, 0.15) is 0 Å². The van der Waals surface area contributed by atoms with E-state index >= 15 is 0 Å². The van der Waals surface area contributed by atoms with E-state index in [2.05, 4.69) is 25.9 Å². The summed E-state index contributed by atoms with van der Waals surface area (Å²) < 4.78 is 0. The average Bonchev–Trinajstić information content (AvgIpc) is 2.50. The van der Waals surface area contributed by atoms with Gasteiger partial charge >= 0.3 is 0 Å². The number of rotatable bonds is 16. The minimum Gasteiger partial charge on any atom is -0.481 e. The predicted molar refractivity (Wildman–Crippen MR) is 107 cm³/mol. The molecule has 0 aromatic carbocycles. The summed E-state index contributed by atoms with van der Waals surface area (Å²) in [4.78, 5) is 11.3. The van der Waals surface area contributed by atoms with Crippen molar-refractivity contribution in [2.45, 2.75) is 110 Å². The fourth-order valence-electron chi connectivity index (χ4n) is 2.80. The molecule has 0 saturated heterocycles. The first-order valence-corrected chi connectivity index (χ1v) is 10.3. The Morgan fingerprint density at radius 3 is 1.17 bits per heavy atom. The van der Waals surface area contributed by atoms with Gasteiger partial charge < -0.3 is 10.0 Å². The van der Waals surface area contributed by atoms with Crippen LogP contribution in [0.15, 0.2) is 0 Å². The van der Waals surface area contributed by atoms with E-state index in [4.69, 9.17) is 9.90 Å². The molecule has 146 valence electrons. The van der Waals surface area contributed by atoms with Gasteiger partial charge in [-0.05, 0) is 27.1 Å². The molecule has 3 nitrogen and oxygen atoms in total. The number of carbonyl (C=O) groups is 1. The normalized spacial score (nSPS) is 10.5. The van der Waals surface area contributed by atoms with E-state index in [9.17, 15) is 0 Å². The first kappa shape index (κ1) is 25.7. The third-order valence-electron chi connectivity index (χ3n) is 4.21. The Hall–Kier alpha value is -0.570. The minimum absolute atomic E-state index is 0.833. The van der Waals surface area contributed by atoms with Crippen LogP contribution in [0, 0.1) is 0 Å². The van der Waals surface area contributed by atoms with Crippen LogP contribution in [-0.2, 0) is 4.79 Å². The van der Waals surface area contributed by atoms with Gasteiger partial charge in [-0.2, -0.15) is 0 Å². The van der Waals surface area contributed by atoms with E-state index in [0.29, 0.717) is 0 Å². The Labute approximate surface area is 152 Å². The van der Waals surface area contributed by atoms with E-state index in [-0.39, 0.29) is 0 Å². The van der Waals surface area contributed by atoms with Crippen LogP contribution in [0.3, 0.4) is 0 Å². The van der Waals surface area contributed by atoms with Gasteiger partial charge in [0, 0.05) is 6.92 Å². The van der Waals surface area contributed by atoms with Gasteiger partial charge in [0.2, 0.25) is 0 Å². The number of unbranched alkanes of at least 4 members (excludes halogenated alkanes) is 14. The van der Waals surface area contributed by atoms with Crippen LogP contribution in [0.1, 0.15) is 110 Å². The molecule has 0 aliphatic heterocycles. The van der Waals surface area contributed by atoms with Crippen LogP contribution >= 0.6 is 0 Å². The summed E-state index contributed by atoms with van der Waals surface area (Å²) in [6.45, 7) is 4.64. The highest BCUT2D eigenvalue weighted by Crippen LogP contribution is 2.13. The maximum atomic E-state index is 9.00. The second kappa shape index (κ2) is 22.4. The fraction of sp³-hybridized carbons (Fsp3) is 0.952. The lowest BCUT2D eigenvalue weighted by molar-refractivity contribution is -0.134.